The molecule has 2 saturated carbocycles. The molecule has 3 rings (SSSR count). The first-order chi connectivity index (χ1) is 14.3. The van der Waals surface area contributed by atoms with Crippen LogP contribution in [0.4, 0.5) is 0 Å². The van der Waals surface area contributed by atoms with E-state index in [-0.39, 0.29) is 0 Å². The molecule has 0 heterocycles. The Balaban J connectivity index is 1.26. The second-order valence-electron chi connectivity index (χ2n) is 10.6. The van der Waals surface area contributed by atoms with Gasteiger partial charge < -0.3 is 0 Å². The number of unbranched alkanes of at least 4 members (excludes halogenated alkanes) is 1. The highest BCUT2D eigenvalue weighted by Gasteiger charge is 2.24. The summed E-state index contributed by atoms with van der Waals surface area (Å²) in [6, 6.07) is 9.47. The van der Waals surface area contributed by atoms with E-state index in [2.05, 4.69) is 38.1 Å². The fourth-order valence-electron chi connectivity index (χ4n) is 6.11. The molecule has 0 N–H and O–H groups in total. The number of rotatable bonds is 11. The zero-order chi connectivity index (χ0) is 20.3. The van der Waals surface area contributed by atoms with E-state index in [1.165, 1.54) is 95.5 Å². The molecule has 2 aliphatic carbocycles. The number of benzene rings is 1. The van der Waals surface area contributed by atoms with Gasteiger partial charge in [-0.05, 0) is 54.1 Å². The third kappa shape index (κ3) is 8.10. The summed E-state index contributed by atoms with van der Waals surface area (Å²) in [5.41, 5.74) is 3.06. The average Bonchev–Trinajstić information content (AvgIpc) is 2.77. The maximum atomic E-state index is 2.38. The lowest BCUT2D eigenvalue weighted by atomic mass is 9.74. The summed E-state index contributed by atoms with van der Waals surface area (Å²) in [5, 5.41) is 0. The van der Waals surface area contributed by atoms with Crippen LogP contribution in [0.2, 0.25) is 0 Å². The van der Waals surface area contributed by atoms with Gasteiger partial charge in [0.15, 0.2) is 0 Å². The molecule has 0 aromatic heterocycles. The molecule has 0 bridgehead atoms. The number of aryl methyl sites for hydroxylation is 2. The van der Waals surface area contributed by atoms with Crippen LogP contribution in [0.25, 0.3) is 0 Å². The van der Waals surface area contributed by atoms with E-state index in [9.17, 15) is 0 Å². The van der Waals surface area contributed by atoms with Crippen LogP contribution in [-0.4, -0.2) is 0 Å². The largest absolute Gasteiger partial charge is 0.0654 e. The molecule has 0 nitrogen and oxygen atoms in total. The molecule has 0 heteroatoms. The van der Waals surface area contributed by atoms with Crippen LogP contribution >= 0.6 is 0 Å². The van der Waals surface area contributed by atoms with Gasteiger partial charge in [-0.25, -0.2) is 0 Å². The van der Waals surface area contributed by atoms with Crippen LogP contribution in [0.15, 0.2) is 24.3 Å². The first-order valence-electron chi connectivity index (χ1n) is 13.3. The summed E-state index contributed by atoms with van der Waals surface area (Å²) < 4.78 is 0. The normalized spacial score (nSPS) is 27.8. The molecule has 0 atom stereocenters. The SMILES string of the molecule is CCCCC1CCC(CCC2CCC(CCc3ccc(CCC)cc3)CC2)CC1. The summed E-state index contributed by atoms with van der Waals surface area (Å²) in [5.74, 6) is 4.19. The van der Waals surface area contributed by atoms with Crippen molar-refractivity contribution in [1.29, 1.82) is 0 Å². The first-order valence-corrected chi connectivity index (χ1v) is 13.3. The molecule has 0 amide bonds. The summed E-state index contributed by atoms with van der Waals surface area (Å²) in [6.07, 6.45) is 24.8. The standard InChI is InChI=1S/C29H48/c1-3-5-7-25-10-14-27(15-11-25)17-19-29-22-20-28(21-23-29)18-16-26-12-8-24(6-4-2)9-13-26/h8-9,12-13,25,27-29H,3-7,10-11,14-23H2,1-2H3. The highest BCUT2D eigenvalue weighted by molar-refractivity contribution is 5.22. The number of hydrogen-bond donors (Lipinski definition) is 0. The van der Waals surface area contributed by atoms with Gasteiger partial charge in [-0.2, -0.15) is 0 Å². The van der Waals surface area contributed by atoms with Gasteiger partial charge in [0, 0.05) is 0 Å². The van der Waals surface area contributed by atoms with E-state index in [0.717, 1.165) is 23.7 Å². The van der Waals surface area contributed by atoms with Crippen LogP contribution in [0.3, 0.4) is 0 Å². The van der Waals surface area contributed by atoms with E-state index < -0.39 is 0 Å². The fourth-order valence-corrected chi connectivity index (χ4v) is 6.11. The van der Waals surface area contributed by atoms with Crippen molar-refractivity contribution < 1.29 is 0 Å². The van der Waals surface area contributed by atoms with Gasteiger partial charge in [-0.15, -0.1) is 0 Å². The minimum Gasteiger partial charge on any atom is -0.0654 e. The molecule has 1 aromatic carbocycles. The molecule has 0 spiro atoms. The zero-order valence-corrected chi connectivity index (χ0v) is 19.6. The maximum absolute atomic E-state index is 2.38. The van der Waals surface area contributed by atoms with Crippen molar-refractivity contribution >= 4 is 0 Å². The highest BCUT2D eigenvalue weighted by Crippen LogP contribution is 2.38. The first kappa shape index (κ1) is 22.9. The second-order valence-corrected chi connectivity index (χ2v) is 10.6. The van der Waals surface area contributed by atoms with Crippen LogP contribution < -0.4 is 0 Å². The molecule has 1 aromatic rings. The monoisotopic (exact) mass is 396 g/mol. The van der Waals surface area contributed by atoms with E-state index in [4.69, 9.17) is 0 Å². The van der Waals surface area contributed by atoms with Crippen molar-refractivity contribution in [3.63, 3.8) is 0 Å². The highest BCUT2D eigenvalue weighted by atomic mass is 14.3. The molecule has 0 aliphatic heterocycles. The summed E-state index contributed by atoms with van der Waals surface area (Å²) >= 11 is 0. The molecule has 2 aliphatic rings. The molecule has 2 fully saturated rings. The Labute approximate surface area is 182 Å². The summed E-state index contributed by atoms with van der Waals surface area (Å²) in [4.78, 5) is 0. The Morgan fingerprint density at radius 1 is 0.517 bits per heavy atom. The predicted molar refractivity (Wildman–Crippen MR) is 128 cm³/mol. The smallest absolute Gasteiger partial charge is 0.0276 e. The minimum atomic E-state index is 0.996. The molecule has 164 valence electrons. The Hall–Kier alpha value is -0.780. The van der Waals surface area contributed by atoms with Gasteiger partial charge >= 0.3 is 0 Å². The molecule has 0 unspecified atom stereocenters. The Morgan fingerprint density at radius 2 is 0.931 bits per heavy atom. The second kappa shape index (κ2) is 12.8. The topological polar surface area (TPSA) is 0 Å². The van der Waals surface area contributed by atoms with Crippen molar-refractivity contribution in [2.24, 2.45) is 23.7 Å². The van der Waals surface area contributed by atoms with Gasteiger partial charge in [-0.3, -0.25) is 0 Å². The third-order valence-corrected chi connectivity index (χ3v) is 8.28. The van der Waals surface area contributed by atoms with E-state index in [0.29, 0.717) is 0 Å². The molecular weight excluding hydrogens is 348 g/mol. The molecule has 0 radical (unpaired) electrons. The van der Waals surface area contributed by atoms with Crippen LogP contribution in [0.5, 0.6) is 0 Å². The van der Waals surface area contributed by atoms with Crippen molar-refractivity contribution in [3.05, 3.63) is 35.4 Å². The van der Waals surface area contributed by atoms with Gasteiger partial charge in [0.2, 0.25) is 0 Å². The lowest BCUT2D eigenvalue weighted by Crippen LogP contribution is -2.18. The molecule has 29 heavy (non-hydrogen) atoms. The molecular formula is C29H48. The van der Waals surface area contributed by atoms with E-state index >= 15 is 0 Å². The predicted octanol–water partition coefficient (Wildman–Crippen LogP) is 9.15. The fraction of sp³-hybridized carbons (Fsp3) is 0.793. The lowest BCUT2D eigenvalue weighted by molar-refractivity contribution is 0.209. The summed E-state index contributed by atoms with van der Waals surface area (Å²) in [7, 11) is 0. The number of hydrogen-bond acceptors (Lipinski definition) is 0. The third-order valence-electron chi connectivity index (χ3n) is 8.28. The van der Waals surface area contributed by atoms with Gasteiger partial charge in [0.1, 0.15) is 0 Å². The maximum Gasteiger partial charge on any atom is -0.0276 e. The Bertz CT molecular complexity index is 526. The van der Waals surface area contributed by atoms with Crippen molar-refractivity contribution in [3.8, 4) is 0 Å². The summed E-state index contributed by atoms with van der Waals surface area (Å²) in [6.45, 7) is 4.61. The van der Waals surface area contributed by atoms with Gasteiger partial charge in [-0.1, -0.05) is 128 Å². The van der Waals surface area contributed by atoms with E-state index in [1.54, 1.807) is 24.8 Å². The Kier molecular flexibility index (Phi) is 10.1. The van der Waals surface area contributed by atoms with Crippen LogP contribution in [0.1, 0.15) is 121 Å². The molecule has 0 saturated heterocycles. The Morgan fingerprint density at radius 3 is 1.38 bits per heavy atom. The van der Waals surface area contributed by atoms with Crippen LogP contribution in [-0.2, 0) is 12.8 Å². The zero-order valence-electron chi connectivity index (χ0n) is 19.6. The minimum absolute atomic E-state index is 0.996. The quantitative estimate of drug-likeness (QED) is 0.350. The van der Waals surface area contributed by atoms with Crippen molar-refractivity contribution in [1.82, 2.24) is 0 Å². The van der Waals surface area contributed by atoms with Crippen molar-refractivity contribution in [2.45, 2.75) is 123 Å². The van der Waals surface area contributed by atoms with Crippen LogP contribution in [0, 0.1) is 23.7 Å². The van der Waals surface area contributed by atoms with Gasteiger partial charge in [0.05, 0.1) is 0 Å². The van der Waals surface area contributed by atoms with E-state index in [1.807, 2.05) is 0 Å². The van der Waals surface area contributed by atoms with Crippen molar-refractivity contribution in [2.75, 3.05) is 0 Å². The van der Waals surface area contributed by atoms with Gasteiger partial charge in [0.25, 0.3) is 0 Å². The lowest BCUT2D eigenvalue weighted by Gasteiger charge is -2.32. The average molecular weight is 397 g/mol.